The number of aryl methyl sites for hydroxylation is 1. The van der Waals surface area contributed by atoms with E-state index in [-0.39, 0.29) is 6.04 Å². The number of hydrogen-bond donors (Lipinski definition) is 1. The molecule has 1 aliphatic heterocycles. The van der Waals surface area contributed by atoms with Gasteiger partial charge in [-0.2, -0.15) is 0 Å². The van der Waals surface area contributed by atoms with Crippen molar-refractivity contribution in [1.29, 1.82) is 0 Å². The van der Waals surface area contributed by atoms with Crippen LogP contribution in [0.5, 0.6) is 11.5 Å². The smallest absolute Gasteiger partial charge is 0.161 e. The van der Waals surface area contributed by atoms with E-state index in [1.165, 1.54) is 16.7 Å². The number of pyridine rings is 1. The Labute approximate surface area is 150 Å². The van der Waals surface area contributed by atoms with Gasteiger partial charge in [-0.1, -0.05) is 6.07 Å². The SMILES string of the molecule is COc1ccc(C(c2ccncc2C)N2CCCNCC2)cc1OC. The lowest BCUT2D eigenvalue weighted by Crippen LogP contribution is -2.33. The van der Waals surface area contributed by atoms with Gasteiger partial charge in [-0.15, -0.1) is 0 Å². The van der Waals surface area contributed by atoms with Crippen LogP contribution in [0.25, 0.3) is 0 Å². The molecule has 5 heteroatoms. The molecule has 0 aliphatic carbocycles. The second-order valence-corrected chi connectivity index (χ2v) is 6.39. The molecule has 1 N–H and O–H groups in total. The van der Waals surface area contributed by atoms with Gasteiger partial charge in [0.15, 0.2) is 11.5 Å². The number of aromatic nitrogens is 1. The van der Waals surface area contributed by atoms with Crippen LogP contribution in [0, 0.1) is 6.92 Å². The summed E-state index contributed by atoms with van der Waals surface area (Å²) in [4.78, 5) is 6.82. The van der Waals surface area contributed by atoms with Crippen LogP contribution in [0.3, 0.4) is 0 Å². The first-order valence-electron chi connectivity index (χ1n) is 8.81. The fourth-order valence-corrected chi connectivity index (χ4v) is 3.53. The summed E-state index contributed by atoms with van der Waals surface area (Å²) in [5, 5.41) is 3.49. The summed E-state index contributed by atoms with van der Waals surface area (Å²) in [6.45, 7) is 6.29. The van der Waals surface area contributed by atoms with E-state index in [9.17, 15) is 0 Å². The fourth-order valence-electron chi connectivity index (χ4n) is 3.53. The van der Waals surface area contributed by atoms with Crippen LogP contribution in [-0.4, -0.2) is 50.3 Å². The van der Waals surface area contributed by atoms with Crippen molar-refractivity contribution in [2.45, 2.75) is 19.4 Å². The van der Waals surface area contributed by atoms with E-state index < -0.39 is 0 Å². The van der Waals surface area contributed by atoms with Gasteiger partial charge in [0, 0.05) is 32.0 Å². The quantitative estimate of drug-likeness (QED) is 0.906. The normalized spacial score (nSPS) is 16.9. The molecule has 3 rings (SSSR count). The monoisotopic (exact) mass is 341 g/mol. The van der Waals surface area contributed by atoms with E-state index in [1.54, 1.807) is 14.2 Å². The molecule has 25 heavy (non-hydrogen) atoms. The van der Waals surface area contributed by atoms with Gasteiger partial charge in [0.1, 0.15) is 0 Å². The zero-order valence-corrected chi connectivity index (χ0v) is 15.3. The highest BCUT2D eigenvalue weighted by atomic mass is 16.5. The first kappa shape index (κ1) is 17.7. The minimum Gasteiger partial charge on any atom is -0.493 e. The largest absolute Gasteiger partial charge is 0.493 e. The maximum atomic E-state index is 5.54. The molecule has 2 aromatic rings. The molecule has 0 amide bonds. The zero-order valence-electron chi connectivity index (χ0n) is 15.3. The maximum Gasteiger partial charge on any atom is 0.161 e. The van der Waals surface area contributed by atoms with Crippen molar-refractivity contribution in [2.24, 2.45) is 0 Å². The van der Waals surface area contributed by atoms with Gasteiger partial charge in [-0.3, -0.25) is 9.88 Å². The number of benzene rings is 1. The lowest BCUT2D eigenvalue weighted by Gasteiger charge is -2.32. The number of ether oxygens (including phenoxy) is 2. The van der Waals surface area contributed by atoms with Crippen LogP contribution in [0.15, 0.2) is 36.7 Å². The van der Waals surface area contributed by atoms with Crippen LogP contribution in [0.2, 0.25) is 0 Å². The predicted molar refractivity (Wildman–Crippen MR) is 99.4 cm³/mol. The Balaban J connectivity index is 2.06. The van der Waals surface area contributed by atoms with Crippen LogP contribution < -0.4 is 14.8 Å². The van der Waals surface area contributed by atoms with Gasteiger partial charge in [0.05, 0.1) is 20.3 Å². The second kappa shape index (κ2) is 8.32. The van der Waals surface area contributed by atoms with E-state index in [4.69, 9.17) is 9.47 Å². The minimum absolute atomic E-state index is 0.183. The Morgan fingerprint density at radius 1 is 1.08 bits per heavy atom. The Morgan fingerprint density at radius 2 is 1.92 bits per heavy atom. The first-order chi connectivity index (χ1) is 12.2. The van der Waals surface area contributed by atoms with Crippen molar-refractivity contribution in [3.63, 3.8) is 0 Å². The topological polar surface area (TPSA) is 46.6 Å². The standard InChI is InChI=1S/C20H27N3O2/c1-15-14-22-9-7-17(15)20(23-11-4-8-21-10-12-23)16-5-6-18(24-2)19(13-16)25-3/h5-7,9,13-14,20-21H,4,8,10-12H2,1-3H3. The van der Waals surface area contributed by atoms with Crippen molar-refractivity contribution >= 4 is 0 Å². The molecular weight excluding hydrogens is 314 g/mol. The molecule has 2 heterocycles. The molecule has 0 bridgehead atoms. The summed E-state index contributed by atoms with van der Waals surface area (Å²) < 4.78 is 10.9. The molecule has 0 saturated carbocycles. The molecule has 0 spiro atoms. The van der Waals surface area contributed by atoms with Crippen molar-refractivity contribution in [2.75, 3.05) is 40.4 Å². The third-order valence-corrected chi connectivity index (χ3v) is 4.82. The summed E-state index contributed by atoms with van der Waals surface area (Å²) >= 11 is 0. The van der Waals surface area contributed by atoms with Crippen LogP contribution in [0.4, 0.5) is 0 Å². The molecule has 1 atom stereocenters. The molecule has 1 saturated heterocycles. The predicted octanol–water partition coefficient (Wildman–Crippen LogP) is 2.79. The van der Waals surface area contributed by atoms with Gasteiger partial charge < -0.3 is 14.8 Å². The van der Waals surface area contributed by atoms with E-state index in [2.05, 4.69) is 40.3 Å². The molecular formula is C20H27N3O2. The lowest BCUT2D eigenvalue weighted by molar-refractivity contribution is 0.239. The number of nitrogens with zero attached hydrogens (tertiary/aromatic N) is 2. The average molecular weight is 341 g/mol. The Morgan fingerprint density at radius 3 is 2.68 bits per heavy atom. The van der Waals surface area contributed by atoms with Crippen molar-refractivity contribution in [3.05, 3.63) is 53.3 Å². The molecule has 1 aromatic carbocycles. The maximum absolute atomic E-state index is 5.54. The number of methoxy groups -OCH3 is 2. The summed E-state index contributed by atoms with van der Waals surface area (Å²) in [6, 6.07) is 8.55. The summed E-state index contributed by atoms with van der Waals surface area (Å²) in [7, 11) is 3.35. The molecule has 1 unspecified atom stereocenters. The van der Waals surface area contributed by atoms with Gasteiger partial charge >= 0.3 is 0 Å². The Hall–Kier alpha value is -2.11. The summed E-state index contributed by atoms with van der Waals surface area (Å²) in [6.07, 6.45) is 4.97. The minimum atomic E-state index is 0.183. The first-order valence-corrected chi connectivity index (χ1v) is 8.81. The summed E-state index contributed by atoms with van der Waals surface area (Å²) in [5.41, 5.74) is 3.72. The summed E-state index contributed by atoms with van der Waals surface area (Å²) in [5.74, 6) is 1.53. The number of nitrogens with one attached hydrogen (secondary N) is 1. The number of rotatable bonds is 5. The van der Waals surface area contributed by atoms with Crippen LogP contribution >= 0.6 is 0 Å². The van der Waals surface area contributed by atoms with Crippen LogP contribution in [0.1, 0.15) is 29.2 Å². The van der Waals surface area contributed by atoms with Crippen molar-refractivity contribution in [1.82, 2.24) is 15.2 Å². The molecule has 1 aliphatic rings. The highest BCUT2D eigenvalue weighted by Crippen LogP contribution is 2.36. The molecule has 1 fully saturated rings. The highest BCUT2D eigenvalue weighted by molar-refractivity contribution is 5.46. The lowest BCUT2D eigenvalue weighted by atomic mass is 9.94. The number of hydrogen-bond acceptors (Lipinski definition) is 5. The van der Waals surface area contributed by atoms with E-state index >= 15 is 0 Å². The molecule has 0 radical (unpaired) electrons. The van der Waals surface area contributed by atoms with Crippen LogP contribution in [-0.2, 0) is 0 Å². The third-order valence-electron chi connectivity index (χ3n) is 4.82. The van der Waals surface area contributed by atoms with Gasteiger partial charge in [0.2, 0.25) is 0 Å². The average Bonchev–Trinajstić information content (AvgIpc) is 2.92. The molecule has 1 aromatic heterocycles. The van der Waals surface area contributed by atoms with Crippen molar-refractivity contribution in [3.8, 4) is 11.5 Å². The third kappa shape index (κ3) is 3.94. The molecule has 5 nitrogen and oxygen atoms in total. The Kier molecular flexibility index (Phi) is 5.89. The fraction of sp³-hybridized carbons (Fsp3) is 0.450. The van der Waals surface area contributed by atoms with Gasteiger partial charge in [-0.05, 0) is 54.8 Å². The van der Waals surface area contributed by atoms with E-state index in [0.717, 1.165) is 44.1 Å². The van der Waals surface area contributed by atoms with E-state index in [1.807, 2.05) is 18.5 Å². The highest BCUT2D eigenvalue weighted by Gasteiger charge is 2.25. The van der Waals surface area contributed by atoms with Gasteiger partial charge in [0.25, 0.3) is 0 Å². The zero-order chi connectivity index (χ0) is 17.6. The van der Waals surface area contributed by atoms with Gasteiger partial charge in [-0.25, -0.2) is 0 Å². The van der Waals surface area contributed by atoms with E-state index in [0.29, 0.717) is 0 Å². The second-order valence-electron chi connectivity index (χ2n) is 6.39. The Bertz CT molecular complexity index is 697. The molecule has 134 valence electrons. The van der Waals surface area contributed by atoms with Crippen molar-refractivity contribution < 1.29 is 9.47 Å².